The zero-order valence-corrected chi connectivity index (χ0v) is 18.1. The van der Waals surface area contributed by atoms with E-state index in [-0.39, 0.29) is 19.1 Å². The van der Waals surface area contributed by atoms with Crippen molar-refractivity contribution in [3.05, 3.63) is 40.8 Å². The van der Waals surface area contributed by atoms with E-state index in [0.717, 1.165) is 11.8 Å². The molecular formula is C22H31NO7. The molecule has 0 saturated heterocycles. The van der Waals surface area contributed by atoms with Crippen molar-refractivity contribution in [1.82, 2.24) is 4.90 Å². The van der Waals surface area contributed by atoms with Crippen LogP contribution in [0.25, 0.3) is 11.0 Å². The average Bonchev–Trinajstić information content (AvgIpc) is 2.71. The third-order valence-corrected chi connectivity index (χ3v) is 4.68. The maximum absolute atomic E-state index is 11.9. The summed E-state index contributed by atoms with van der Waals surface area (Å²) in [4.78, 5) is 25.0. The normalized spacial score (nSPS) is 13.4. The van der Waals surface area contributed by atoms with Crippen LogP contribution in [0.3, 0.4) is 0 Å². The summed E-state index contributed by atoms with van der Waals surface area (Å²) >= 11 is 0. The molecule has 0 aliphatic carbocycles. The van der Waals surface area contributed by atoms with E-state index in [4.69, 9.17) is 23.4 Å². The molecule has 1 aromatic carbocycles. The molecule has 30 heavy (non-hydrogen) atoms. The summed E-state index contributed by atoms with van der Waals surface area (Å²) in [6.45, 7) is 3.96. The van der Waals surface area contributed by atoms with Gasteiger partial charge in [0, 0.05) is 24.6 Å². The first-order chi connectivity index (χ1) is 14.4. The van der Waals surface area contributed by atoms with E-state index in [1.165, 1.54) is 6.07 Å². The highest BCUT2D eigenvalue weighted by atomic mass is 16.5. The molecule has 0 N–H and O–H groups in total. The monoisotopic (exact) mass is 421 g/mol. The molecule has 0 aliphatic heterocycles. The quantitative estimate of drug-likeness (QED) is 0.277. The minimum Gasteiger partial charge on any atom is -0.491 e. The summed E-state index contributed by atoms with van der Waals surface area (Å²) < 4.78 is 27.4. The Bertz CT molecular complexity index is 864. The summed E-state index contributed by atoms with van der Waals surface area (Å²) in [7, 11) is 5.25. The number of fused-ring (bicyclic) bond motifs is 1. The number of hydrogen-bond donors (Lipinski definition) is 0. The minimum atomic E-state index is -0.414. The number of esters is 1. The van der Waals surface area contributed by atoms with Crippen molar-refractivity contribution >= 4 is 16.9 Å². The Morgan fingerprint density at radius 2 is 1.87 bits per heavy atom. The molecule has 8 heteroatoms. The van der Waals surface area contributed by atoms with Crippen LogP contribution < -0.4 is 10.4 Å². The molecule has 2 rings (SSSR count). The van der Waals surface area contributed by atoms with Crippen molar-refractivity contribution in [3.63, 3.8) is 0 Å². The topological polar surface area (TPSA) is 87.4 Å². The van der Waals surface area contributed by atoms with Gasteiger partial charge >= 0.3 is 11.6 Å². The maximum atomic E-state index is 11.9. The number of rotatable bonds is 13. The number of carbonyl (C=O) groups excluding carboxylic acids is 1. The Kier molecular flexibility index (Phi) is 9.29. The zero-order chi connectivity index (χ0) is 22.0. The minimum absolute atomic E-state index is 0.230. The predicted molar refractivity (Wildman–Crippen MR) is 113 cm³/mol. The molecule has 2 aromatic rings. The van der Waals surface area contributed by atoms with Crippen LogP contribution in [0.5, 0.6) is 5.75 Å². The van der Waals surface area contributed by atoms with E-state index < -0.39 is 11.0 Å². The molecule has 8 nitrogen and oxygen atoms in total. The van der Waals surface area contributed by atoms with E-state index >= 15 is 0 Å². The first-order valence-electron chi connectivity index (χ1n) is 9.91. The first kappa shape index (κ1) is 23.9. The third kappa shape index (κ3) is 7.44. The van der Waals surface area contributed by atoms with Gasteiger partial charge in [0.25, 0.3) is 0 Å². The van der Waals surface area contributed by atoms with E-state index in [2.05, 4.69) is 0 Å². The highest BCUT2D eigenvalue weighted by Gasteiger charge is 2.31. The van der Waals surface area contributed by atoms with Crippen molar-refractivity contribution in [2.45, 2.75) is 13.3 Å². The van der Waals surface area contributed by atoms with Gasteiger partial charge in [-0.2, -0.15) is 0 Å². The molecule has 0 fully saturated rings. The lowest BCUT2D eigenvalue weighted by Gasteiger charge is -2.31. The van der Waals surface area contributed by atoms with Crippen molar-refractivity contribution in [2.24, 2.45) is 5.41 Å². The summed E-state index contributed by atoms with van der Waals surface area (Å²) in [5.74, 6) is 0.317. The van der Waals surface area contributed by atoms with Gasteiger partial charge in [-0.15, -0.1) is 0 Å². The van der Waals surface area contributed by atoms with Gasteiger partial charge in [0.1, 0.15) is 24.5 Å². The van der Waals surface area contributed by atoms with Gasteiger partial charge in [0.15, 0.2) is 0 Å². The molecular weight excluding hydrogens is 390 g/mol. The highest BCUT2D eigenvalue weighted by molar-refractivity contribution is 5.77. The standard InChI is InChI=1S/C22H31NO7/c1-5-22(14-26-4,16-29-21(25)13-23(2)3)15-27-10-11-28-18-8-6-17-7-9-20(24)30-19(17)12-18/h6-9,12H,5,10-11,13-16H2,1-4H3. The summed E-state index contributed by atoms with van der Waals surface area (Å²) in [5.41, 5.74) is -0.336. The molecule has 0 spiro atoms. The lowest BCUT2D eigenvalue weighted by atomic mass is 9.88. The van der Waals surface area contributed by atoms with Crippen LogP contribution in [0.1, 0.15) is 13.3 Å². The second-order valence-corrected chi connectivity index (χ2v) is 7.54. The van der Waals surface area contributed by atoms with E-state index in [1.807, 2.05) is 33.2 Å². The summed E-state index contributed by atoms with van der Waals surface area (Å²) in [6, 6.07) is 8.42. The van der Waals surface area contributed by atoms with Crippen LogP contribution in [0.2, 0.25) is 0 Å². The van der Waals surface area contributed by atoms with Gasteiger partial charge in [-0.1, -0.05) is 6.92 Å². The number of hydrogen-bond acceptors (Lipinski definition) is 8. The summed E-state index contributed by atoms with van der Waals surface area (Å²) in [5, 5.41) is 0.828. The van der Waals surface area contributed by atoms with Crippen LogP contribution >= 0.6 is 0 Å². The SMILES string of the molecule is CCC(COC)(COCCOc1ccc2ccc(=O)oc2c1)COC(=O)CN(C)C. The van der Waals surface area contributed by atoms with Gasteiger partial charge in [-0.3, -0.25) is 9.69 Å². The molecule has 0 aliphatic rings. The van der Waals surface area contributed by atoms with E-state index in [1.54, 1.807) is 24.1 Å². The van der Waals surface area contributed by atoms with E-state index in [0.29, 0.717) is 37.8 Å². The Labute approximate surface area is 176 Å². The Morgan fingerprint density at radius 3 is 2.57 bits per heavy atom. The number of carbonyl (C=O) groups is 1. The Morgan fingerprint density at radius 1 is 1.10 bits per heavy atom. The molecule has 1 heterocycles. The van der Waals surface area contributed by atoms with Gasteiger partial charge < -0.3 is 23.4 Å². The average molecular weight is 421 g/mol. The lowest BCUT2D eigenvalue weighted by Crippen LogP contribution is -2.38. The smallest absolute Gasteiger partial charge is 0.336 e. The van der Waals surface area contributed by atoms with Gasteiger partial charge in [-0.05, 0) is 38.7 Å². The highest BCUT2D eigenvalue weighted by Crippen LogP contribution is 2.24. The van der Waals surface area contributed by atoms with Crippen molar-refractivity contribution in [3.8, 4) is 5.75 Å². The summed E-state index contributed by atoms with van der Waals surface area (Å²) in [6.07, 6.45) is 0.737. The van der Waals surface area contributed by atoms with Crippen LogP contribution in [0.15, 0.2) is 39.5 Å². The second kappa shape index (κ2) is 11.7. The van der Waals surface area contributed by atoms with Crippen LogP contribution in [0, 0.1) is 5.41 Å². The Hall–Kier alpha value is -2.42. The number of benzene rings is 1. The second-order valence-electron chi connectivity index (χ2n) is 7.54. The fourth-order valence-corrected chi connectivity index (χ4v) is 2.91. The Balaban J connectivity index is 1.82. The number of ether oxygens (including phenoxy) is 4. The van der Waals surface area contributed by atoms with Crippen molar-refractivity contribution in [1.29, 1.82) is 0 Å². The largest absolute Gasteiger partial charge is 0.491 e. The third-order valence-electron chi connectivity index (χ3n) is 4.68. The molecule has 0 bridgehead atoms. The number of methoxy groups -OCH3 is 1. The van der Waals surface area contributed by atoms with Crippen LogP contribution in [-0.2, 0) is 19.0 Å². The zero-order valence-electron chi connectivity index (χ0n) is 18.1. The fraction of sp³-hybridized carbons (Fsp3) is 0.545. The van der Waals surface area contributed by atoms with Crippen LogP contribution in [0.4, 0.5) is 0 Å². The maximum Gasteiger partial charge on any atom is 0.336 e. The predicted octanol–water partition coefficient (Wildman–Crippen LogP) is 2.34. The van der Waals surface area contributed by atoms with Crippen molar-refractivity contribution in [2.75, 3.05) is 60.8 Å². The number of likely N-dealkylation sites (N-methyl/N-ethyl adjacent to an activating group) is 1. The first-order valence-corrected chi connectivity index (χ1v) is 9.91. The molecule has 0 saturated carbocycles. The molecule has 0 radical (unpaired) electrons. The lowest BCUT2D eigenvalue weighted by molar-refractivity contribution is -0.152. The van der Waals surface area contributed by atoms with E-state index in [9.17, 15) is 9.59 Å². The van der Waals surface area contributed by atoms with Crippen molar-refractivity contribution < 1.29 is 28.2 Å². The van der Waals surface area contributed by atoms with Gasteiger partial charge in [-0.25, -0.2) is 4.79 Å². The molecule has 1 atom stereocenters. The van der Waals surface area contributed by atoms with Gasteiger partial charge in [0.05, 0.1) is 31.8 Å². The number of nitrogens with zero attached hydrogens (tertiary/aromatic N) is 1. The molecule has 1 aromatic heterocycles. The molecule has 0 amide bonds. The molecule has 166 valence electrons. The van der Waals surface area contributed by atoms with Gasteiger partial charge in [0.2, 0.25) is 0 Å². The van der Waals surface area contributed by atoms with Crippen LogP contribution in [-0.4, -0.2) is 71.7 Å². The molecule has 1 unspecified atom stereocenters. The fourth-order valence-electron chi connectivity index (χ4n) is 2.91.